The molecular formula is C44H34N+. The Bertz CT molecular complexity index is 2380. The lowest BCUT2D eigenvalue weighted by Gasteiger charge is -2.40. The standard InChI is InChI=1S/C44H34N/c1-26-12-4-6-17-32-29-15-8-9-18-33(29)43-41(40(26)32)36-24-35-31-16-10-11-19-38(31)44(2,3)39(35)25-37(36)42-34-21-20-27-13-5-7-14-28(27)30(34)22-23-45(42)43/h4-26,41,43H,1-3H3/q+1. The van der Waals surface area contributed by atoms with Gasteiger partial charge in [0.2, 0.25) is 5.69 Å². The zero-order valence-corrected chi connectivity index (χ0v) is 25.9. The highest BCUT2D eigenvalue weighted by atomic mass is 15.0. The van der Waals surface area contributed by atoms with Gasteiger partial charge in [-0.05, 0) is 79.4 Å². The van der Waals surface area contributed by atoms with Gasteiger partial charge in [0.15, 0.2) is 12.2 Å². The van der Waals surface area contributed by atoms with Crippen molar-refractivity contribution in [1.29, 1.82) is 0 Å². The van der Waals surface area contributed by atoms with E-state index in [4.69, 9.17) is 0 Å². The summed E-state index contributed by atoms with van der Waals surface area (Å²) < 4.78 is 2.64. The number of benzene rings is 5. The van der Waals surface area contributed by atoms with Crippen LogP contribution in [0.2, 0.25) is 0 Å². The molecule has 45 heavy (non-hydrogen) atoms. The van der Waals surface area contributed by atoms with E-state index < -0.39 is 0 Å². The minimum absolute atomic E-state index is 0.0649. The Labute approximate surface area is 264 Å². The lowest BCUT2D eigenvalue weighted by atomic mass is 9.65. The zero-order valence-electron chi connectivity index (χ0n) is 25.9. The van der Waals surface area contributed by atoms with Gasteiger partial charge in [0.25, 0.3) is 0 Å². The van der Waals surface area contributed by atoms with E-state index in [-0.39, 0.29) is 17.4 Å². The first-order chi connectivity index (χ1) is 22.0. The number of nitrogens with zero attached hydrogens (tertiary/aromatic N) is 1. The summed E-state index contributed by atoms with van der Waals surface area (Å²) in [5.41, 5.74) is 15.5. The molecule has 4 aliphatic rings. The molecule has 5 aromatic carbocycles. The molecule has 0 fully saturated rings. The van der Waals surface area contributed by atoms with Crippen molar-refractivity contribution in [2.24, 2.45) is 5.92 Å². The number of pyridine rings is 1. The Balaban J connectivity index is 1.38. The molecule has 0 N–H and O–H groups in total. The van der Waals surface area contributed by atoms with Crippen molar-refractivity contribution >= 4 is 27.1 Å². The van der Waals surface area contributed by atoms with Crippen molar-refractivity contribution in [2.75, 3.05) is 0 Å². The fourth-order valence-electron chi connectivity index (χ4n) is 9.31. The first kappa shape index (κ1) is 25.3. The highest BCUT2D eigenvalue weighted by Crippen LogP contribution is 2.58. The van der Waals surface area contributed by atoms with Gasteiger partial charge in [-0.2, -0.15) is 4.57 Å². The summed E-state index contributed by atoms with van der Waals surface area (Å²) >= 11 is 0. The average molecular weight is 577 g/mol. The predicted molar refractivity (Wildman–Crippen MR) is 186 cm³/mol. The number of allylic oxidation sites excluding steroid dienone is 6. The average Bonchev–Trinajstić information content (AvgIpc) is 3.17. The van der Waals surface area contributed by atoms with E-state index in [1.165, 1.54) is 82.9 Å². The van der Waals surface area contributed by atoms with Crippen molar-refractivity contribution < 1.29 is 4.57 Å². The summed E-state index contributed by atoms with van der Waals surface area (Å²) in [5.74, 6) is 0.552. The molecule has 214 valence electrons. The Morgan fingerprint density at radius 1 is 0.622 bits per heavy atom. The van der Waals surface area contributed by atoms with E-state index in [1.54, 1.807) is 0 Å². The fraction of sp³-hybridized carbons (Fsp3) is 0.159. The molecule has 0 spiro atoms. The smallest absolute Gasteiger partial charge is 0.190 e. The van der Waals surface area contributed by atoms with Crippen LogP contribution in [-0.4, -0.2) is 0 Å². The number of rotatable bonds is 0. The van der Waals surface area contributed by atoms with Crippen LogP contribution in [0.1, 0.15) is 60.5 Å². The van der Waals surface area contributed by atoms with Crippen LogP contribution in [0, 0.1) is 5.92 Å². The quantitative estimate of drug-likeness (QED) is 0.125. The molecule has 10 rings (SSSR count). The molecule has 3 aliphatic carbocycles. The van der Waals surface area contributed by atoms with Crippen LogP contribution >= 0.6 is 0 Å². The SMILES string of the molecule is CC1C=CC=CC2=C1C1c3cc4c(cc3-c3c5ccc6ccccc6c5cc[n+]3C1c1ccccc12)C(C)(C)c1ccccc1-4. The predicted octanol–water partition coefficient (Wildman–Crippen LogP) is 10.5. The van der Waals surface area contributed by atoms with E-state index in [2.05, 4.69) is 159 Å². The number of hydrogen-bond acceptors (Lipinski definition) is 0. The molecule has 0 saturated heterocycles. The molecule has 2 heterocycles. The van der Waals surface area contributed by atoms with E-state index >= 15 is 0 Å². The molecule has 1 aliphatic heterocycles. The summed E-state index contributed by atoms with van der Waals surface area (Å²) in [5, 5.41) is 5.26. The van der Waals surface area contributed by atoms with Gasteiger partial charge in [-0.3, -0.25) is 0 Å². The molecule has 3 atom stereocenters. The minimum atomic E-state index is -0.0649. The molecule has 6 aromatic rings. The van der Waals surface area contributed by atoms with Crippen molar-refractivity contribution in [3.63, 3.8) is 0 Å². The Morgan fingerprint density at radius 2 is 1.42 bits per heavy atom. The van der Waals surface area contributed by atoms with E-state index in [0.717, 1.165) is 0 Å². The molecule has 0 bridgehead atoms. The van der Waals surface area contributed by atoms with E-state index in [1.807, 2.05) is 0 Å². The lowest BCUT2D eigenvalue weighted by Crippen LogP contribution is -2.50. The number of hydrogen-bond donors (Lipinski definition) is 0. The topological polar surface area (TPSA) is 3.88 Å². The molecule has 3 unspecified atom stereocenters. The monoisotopic (exact) mass is 576 g/mol. The highest BCUT2D eigenvalue weighted by molar-refractivity contribution is 6.11. The normalized spacial score (nSPS) is 21.4. The van der Waals surface area contributed by atoms with Crippen molar-refractivity contribution in [3.05, 3.63) is 167 Å². The fourth-order valence-corrected chi connectivity index (χ4v) is 9.31. The van der Waals surface area contributed by atoms with Crippen LogP contribution in [0.15, 0.2) is 139 Å². The highest BCUT2D eigenvalue weighted by Gasteiger charge is 2.50. The second kappa shape index (κ2) is 8.79. The third-order valence-corrected chi connectivity index (χ3v) is 11.3. The summed E-state index contributed by atoms with van der Waals surface area (Å²) in [7, 11) is 0. The summed E-state index contributed by atoms with van der Waals surface area (Å²) in [6.07, 6.45) is 11.6. The van der Waals surface area contributed by atoms with Crippen LogP contribution < -0.4 is 4.57 Å². The molecule has 1 heteroatoms. The summed E-state index contributed by atoms with van der Waals surface area (Å²) in [6, 6.07) is 39.5. The maximum Gasteiger partial charge on any atom is 0.221 e. The first-order valence-electron chi connectivity index (χ1n) is 16.3. The molecule has 1 nitrogen and oxygen atoms in total. The lowest BCUT2D eigenvalue weighted by molar-refractivity contribution is -0.706. The molecule has 1 aromatic heterocycles. The van der Waals surface area contributed by atoms with Crippen LogP contribution in [-0.2, 0) is 5.41 Å². The van der Waals surface area contributed by atoms with Crippen molar-refractivity contribution in [2.45, 2.75) is 38.1 Å². The summed E-state index contributed by atoms with van der Waals surface area (Å²) in [6.45, 7) is 7.20. The minimum Gasteiger partial charge on any atom is -0.190 e. The summed E-state index contributed by atoms with van der Waals surface area (Å²) in [4.78, 5) is 0. The maximum absolute atomic E-state index is 2.64. The Hall–Kier alpha value is -5.01. The molecule has 0 saturated carbocycles. The van der Waals surface area contributed by atoms with Gasteiger partial charge < -0.3 is 0 Å². The molecule has 0 amide bonds. The van der Waals surface area contributed by atoms with Gasteiger partial charge in [-0.15, -0.1) is 0 Å². The second-order valence-corrected chi connectivity index (χ2v) is 13.9. The zero-order chi connectivity index (χ0) is 30.0. The van der Waals surface area contributed by atoms with Gasteiger partial charge in [-0.25, -0.2) is 0 Å². The number of fused-ring (bicyclic) bond motifs is 17. The Kier molecular flexibility index (Phi) is 4.95. The van der Waals surface area contributed by atoms with Gasteiger partial charge in [0.1, 0.15) is 0 Å². The first-order valence-corrected chi connectivity index (χ1v) is 16.3. The largest absolute Gasteiger partial charge is 0.221 e. The van der Waals surface area contributed by atoms with Crippen LogP contribution in [0.5, 0.6) is 0 Å². The third-order valence-electron chi connectivity index (χ3n) is 11.3. The maximum atomic E-state index is 2.64. The van der Waals surface area contributed by atoms with Crippen LogP contribution in [0.3, 0.4) is 0 Å². The third kappa shape index (κ3) is 3.21. The van der Waals surface area contributed by atoms with Crippen LogP contribution in [0.25, 0.3) is 49.5 Å². The Morgan fingerprint density at radius 3 is 2.33 bits per heavy atom. The van der Waals surface area contributed by atoms with E-state index in [0.29, 0.717) is 5.92 Å². The van der Waals surface area contributed by atoms with Gasteiger partial charge in [-0.1, -0.05) is 124 Å². The number of aromatic nitrogens is 1. The molecule has 0 radical (unpaired) electrons. The van der Waals surface area contributed by atoms with Gasteiger partial charge >= 0.3 is 0 Å². The van der Waals surface area contributed by atoms with Crippen molar-refractivity contribution in [1.82, 2.24) is 0 Å². The van der Waals surface area contributed by atoms with E-state index in [9.17, 15) is 0 Å². The van der Waals surface area contributed by atoms with Crippen LogP contribution in [0.4, 0.5) is 0 Å². The van der Waals surface area contributed by atoms with Gasteiger partial charge in [0, 0.05) is 22.4 Å². The second-order valence-electron chi connectivity index (χ2n) is 13.9. The van der Waals surface area contributed by atoms with Gasteiger partial charge in [0.05, 0.1) is 16.9 Å². The molecular weight excluding hydrogens is 542 g/mol. The van der Waals surface area contributed by atoms with Crippen molar-refractivity contribution in [3.8, 4) is 22.4 Å².